The van der Waals surface area contributed by atoms with E-state index in [0.29, 0.717) is 10.0 Å². The van der Waals surface area contributed by atoms with Crippen LogP contribution in [0.5, 0.6) is 5.75 Å². The predicted molar refractivity (Wildman–Crippen MR) is 58.8 cm³/mol. The van der Waals surface area contributed by atoms with Crippen molar-refractivity contribution in [3.8, 4) is 5.75 Å². The second-order valence-corrected chi connectivity index (χ2v) is 4.43. The van der Waals surface area contributed by atoms with Crippen molar-refractivity contribution >= 4 is 21.8 Å². The van der Waals surface area contributed by atoms with Gasteiger partial charge in [-0.3, -0.25) is 9.63 Å². The molecule has 6 heteroatoms. The molecule has 1 saturated heterocycles. The van der Waals surface area contributed by atoms with Crippen LogP contribution in [0, 0.1) is 0 Å². The Bertz CT molecular complexity index is 403. The number of hydrogen-bond donors (Lipinski definition) is 2. The van der Waals surface area contributed by atoms with Gasteiger partial charge in [0.1, 0.15) is 18.5 Å². The lowest BCUT2D eigenvalue weighted by Crippen LogP contribution is -2.28. The molecular formula is C10H10BrNO4. The van der Waals surface area contributed by atoms with Crippen molar-refractivity contribution in [1.29, 1.82) is 0 Å². The molecule has 0 aliphatic carbocycles. The van der Waals surface area contributed by atoms with Crippen LogP contribution in [-0.2, 0) is 4.84 Å². The number of phenolic OH excluding ortho intramolecular Hbond substituents is 1. The number of benzene rings is 1. The van der Waals surface area contributed by atoms with Crippen molar-refractivity contribution in [2.24, 2.45) is 0 Å². The summed E-state index contributed by atoms with van der Waals surface area (Å²) in [6.07, 6.45) is -0.648. The van der Waals surface area contributed by atoms with Crippen LogP contribution in [-0.4, -0.2) is 40.4 Å². The number of carbonyl (C=O) groups is 1. The van der Waals surface area contributed by atoms with Gasteiger partial charge in [-0.2, -0.15) is 0 Å². The number of rotatable bonds is 1. The number of aliphatic hydroxyl groups excluding tert-OH is 1. The fourth-order valence-electron chi connectivity index (χ4n) is 1.46. The normalized spacial score (nSPS) is 20.1. The van der Waals surface area contributed by atoms with Gasteiger partial charge in [-0.1, -0.05) is 15.9 Å². The highest BCUT2D eigenvalue weighted by molar-refractivity contribution is 9.10. The van der Waals surface area contributed by atoms with E-state index >= 15 is 0 Å². The number of carbonyl (C=O) groups excluding carboxylic acids is 1. The number of amides is 1. The summed E-state index contributed by atoms with van der Waals surface area (Å²) in [6, 6.07) is 4.41. The third-order valence-electron chi connectivity index (χ3n) is 2.16. The molecule has 2 N–H and O–H groups in total. The summed E-state index contributed by atoms with van der Waals surface area (Å²) in [5.41, 5.74) is 0.306. The van der Waals surface area contributed by atoms with Crippen LogP contribution in [0.15, 0.2) is 22.7 Å². The molecule has 0 saturated carbocycles. The molecule has 1 fully saturated rings. The number of hydroxylamine groups is 2. The van der Waals surface area contributed by atoms with E-state index in [-0.39, 0.29) is 24.8 Å². The maximum atomic E-state index is 11.9. The molecule has 1 unspecified atom stereocenters. The van der Waals surface area contributed by atoms with Gasteiger partial charge in [0, 0.05) is 10.0 Å². The molecule has 2 rings (SSSR count). The number of aliphatic hydroxyl groups is 1. The van der Waals surface area contributed by atoms with Crippen LogP contribution < -0.4 is 0 Å². The smallest absolute Gasteiger partial charge is 0.277 e. The molecular weight excluding hydrogens is 278 g/mol. The van der Waals surface area contributed by atoms with Crippen molar-refractivity contribution in [3.05, 3.63) is 28.2 Å². The number of aromatic hydroxyl groups is 1. The summed E-state index contributed by atoms with van der Waals surface area (Å²) in [4.78, 5) is 16.9. The maximum absolute atomic E-state index is 11.9. The second-order valence-electron chi connectivity index (χ2n) is 3.51. The van der Waals surface area contributed by atoms with E-state index in [1.165, 1.54) is 12.1 Å². The molecule has 86 valence electrons. The van der Waals surface area contributed by atoms with Crippen LogP contribution in [0.25, 0.3) is 0 Å². The Hall–Kier alpha value is -1.11. The van der Waals surface area contributed by atoms with Gasteiger partial charge in [0.05, 0.1) is 6.54 Å². The number of phenols is 1. The first-order valence-corrected chi connectivity index (χ1v) is 5.48. The van der Waals surface area contributed by atoms with Gasteiger partial charge in [0.15, 0.2) is 0 Å². The average Bonchev–Trinajstić information content (AvgIpc) is 2.62. The van der Waals surface area contributed by atoms with Gasteiger partial charge < -0.3 is 10.2 Å². The summed E-state index contributed by atoms with van der Waals surface area (Å²) in [6.45, 7) is 0.262. The van der Waals surface area contributed by atoms with Gasteiger partial charge in [-0.15, -0.1) is 0 Å². The van der Waals surface area contributed by atoms with Crippen LogP contribution >= 0.6 is 15.9 Å². The SMILES string of the molecule is O=C(c1cc(O)cc(Br)c1)N1CC(O)CO1. The van der Waals surface area contributed by atoms with Gasteiger partial charge in [0.2, 0.25) is 0 Å². The van der Waals surface area contributed by atoms with Crippen LogP contribution in [0.3, 0.4) is 0 Å². The van der Waals surface area contributed by atoms with Gasteiger partial charge in [0.25, 0.3) is 5.91 Å². The summed E-state index contributed by atoms with van der Waals surface area (Å²) in [7, 11) is 0. The monoisotopic (exact) mass is 287 g/mol. The fraction of sp³-hybridized carbons (Fsp3) is 0.300. The van der Waals surface area contributed by atoms with Gasteiger partial charge in [-0.05, 0) is 18.2 Å². The molecule has 1 aromatic carbocycles. The first kappa shape index (κ1) is 11.4. The molecule has 0 bridgehead atoms. The van der Waals surface area contributed by atoms with E-state index in [4.69, 9.17) is 4.84 Å². The van der Waals surface area contributed by atoms with Gasteiger partial charge in [-0.25, -0.2) is 5.06 Å². The molecule has 1 atom stereocenters. The quantitative estimate of drug-likeness (QED) is 0.805. The third-order valence-corrected chi connectivity index (χ3v) is 2.61. The Morgan fingerprint density at radius 3 is 2.81 bits per heavy atom. The van der Waals surface area contributed by atoms with Crippen LogP contribution in [0.4, 0.5) is 0 Å². The fourth-order valence-corrected chi connectivity index (χ4v) is 1.94. The summed E-state index contributed by atoms with van der Waals surface area (Å²) >= 11 is 3.18. The van der Waals surface area contributed by atoms with Crippen molar-refractivity contribution in [2.75, 3.05) is 13.2 Å². The summed E-state index contributed by atoms with van der Waals surface area (Å²) < 4.78 is 0.607. The highest BCUT2D eigenvalue weighted by atomic mass is 79.9. The average molecular weight is 288 g/mol. The van der Waals surface area contributed by atoms with Crippen molar-refractivity contribution in [2.45, 2.75) is 6.10 Å². The minimum absolute atomic E-state index is 0.00234. The Labute approximate surface area is 100 Å². The minimum Gasteiger partial charge on any atom is -0.508 e. The van der Waals surface area contributed by atoms with Gasteiger partial charge >= 0.3 is 0 Å². The lowest BCUT2D eigenvalue weighted by atomic mass is 10.2. The molecule has 1 heterocycles. The Morgan fingerprint density at radius 2 is 2.25 bits per heavy atom. The summed E-state index contributed by atoms with van der Waals surface area (Å²) in [5, 5.41) is 19.7. The van der Waals surface area contributed by atoms with E-state index in [9.17, 15) is 15.0 Å². The molecule has 1 aromatic rings. The lowest BCUT2D eigenvalue weighted by Gasteiger charge is -2.13. The third kappa shape index (κ3) is 2.34. The van der Waals surface area contributed by atoms with E-state index < -0.39 is 6.10 Å². The highest BCUT2D eigenvalue weighted by Gasteiger charge is 2.27. The number of hydrogen-bond acceptors (Lipinski definition) is 4. The zero-order valence-electron chi connectivity index (χ0n) is 8.26. The molecule has 0 spiro atoms. The summed E-state index contributed by atoms with van der Waals surface area (Å²) in [5.74, 6) is -0.384. The van der Waals surface area contributed by atoms with Crippen LogP contribution in [0.1, 0.15) is 10.4 Å². The molecule has 1 aliphatic rings. The predicted octanol–water partition coefficient (Wildman–Crippen LogP) is 0.903. The highest BCUT2D eigenvalue weighted by Crippen LogP contribution is 2.22. The lowest BCUT2D eigenvalue weighted by molar-refractivity contribution is -0.0779. The molecule has 1 amide bonds. The standard InChI is InChI=1S/C10H10BrNO4/c11-7-1-6(2-8(13)3-7)10(15)12-4-9(14)5-16-12/h1-3,9,13-14H,4-5H2. The first-order valence-electron chi connectivity index (χ1n) is 4.68. The molecule has 0 aromatic heterocycles. The van der Waals surface area contributed by atoms with Crippen molar-refractivity contribution < 1.29 is 19.8 Å². The molecule has 1 aliphatic heterocycles. The topological polar surface area (TPSA) is 70.0 Å². The van der Waals surface area contributed by atoms with E-state index in [1.807, 2.05) is 0 Å². The largest absolute Gasteiger partial charge is 0.508 e. The van der Waals surface area contributed by atoms with E-state index in [2.05, 4.69) is 15.9 Å². The number of β-amino-alcohol motifs (C(OH)–C–C–N with tert-alkyl or cyclic N) is 1. The van der Waals surface area contributed by atoms with Crippen molar-refractivity contribution in [1.82, 2.24) is 5.06 Å². The first-order chi connectivity index (χ1) is 7.56. The molecule has 16 heavy (non-hydrogen) atoms. The van der Waals surface area contributed by atoms with Crippen molar-refractivity contribution in [3.63, 3.8) is 0 Å². The minimum atomic E-state index is -0.648. The second kappa shape index (κ2) is 4.40. The maximum Gasteiger partial charge on any atom is 0.277 e. The zero-order valence-corrected chi connectivity index (χ0v) is 9.85. The van der Waals surface area contributed by atoms with E-state index in [0.717, 1.165) is 5.06 Å². The van der Waals surface area contributed by atoms with Crippen LogP contribution in [0.2, 0.25) is 0 Å². The van der Waals surface area contributed by atoms with E-state index in [1.54, 1.807) is 6.07 Å². The number of halogens is 1. The zero-order chi connectivity index (χ0) is 11.7. The Kier molecular flexibility index (Phi) is 3.13. The molecule has 0 radical (unpaired) electrons. The molecule has 5 nitrogen and oxygen atoms in total. The Balaban J connectivity index is 2.20. The Morgan fingerprint density at radius 1 is 1.50 bits per heavy atom. The number of nitrogens with zero attached hydrogens (tertiary/aromatic N) is 1.